The van der Waals surface area contributed by atoms with Gasteiger partial charge >= 0.3 is 0 Å². The number of pyridine rings is 1. The summed E-state index contributed by atoms with van der Waals surface area (Å²) in [4.78, 5) is 8.47. The van der Waals surface area contributed by atoms with E-state index in [4.69, 9.17) is 15.0 Å². The molecular weight excluding hydrogens is 312 g/mol. The van der Waals surface area contributed by atoms with Crippen LogP contribution in [0.2, 0.25) is 0 Å². The fraction of sp³-hybridized carbons (Fsp3) is 0.417. The maximum atomic E-state index is 6.10. The summed E-state index contributed by atoms with van der Waals surface area (Å²) >= 11 is 3.32. The van der Waals surface area contributed by atoms with Gasteiger partial charge in [0.2, 0.25) is 0 Å². The van der Waals surface area contributed by atoms with Crippen molar-refractivity contribution in [1.82, 2.24) is 15.1 Å². The molecule has 0 aliphatic heterocycles. The van der Waals surface area contributed by atoms with Crippen molar-refractivity contribution in [3.8, 4) is 11.6 Å². The number of rotatable bonds is 5. The second-order valence-corrected chi connectivity index (χ2v) is 5.26. The van der Waals surface area contributed by atoms with E-state index in [9.17, 15) is 0 Å². The van der Waals surface area contributed by atoms with E-state index >= 15 is 0 Å². The van der Waals surface area contributed by atoms with Crippen LogP contribution in [0.25, 0.3) is 11.6 Å². The highest BCUT2D eigenvalue weighted by atomic mass is 79.9. The molecule has 6 nitrogen and oxygen atoms in total. The van der Waals surface area contributed by atoms with E-state index in [1.165, 1.54) is 0 Å². The lowest BCUT2D eigenvalue weighted by Crippen LogP contribution is -2.39. The van der Waals surface area contributed by atoms with Crippen molar-refractivity contribution < 1.29 is 9.26 Å². The van der Waals surface area contributed by atoms with Crippen LogP contribution in [0.4, 0.5) is 0 Å². The quantitative estimate of drug-likeness (QED) is 0.905. The molecule has 1 unspecified atom stereocenters. The maximum absolute atomic E-state index is 6.10. The SMILES string of the molecule is CCOCC(C)(N)c1noc(-c2ccc(Br)cn2)n1. The smallest absolute Gasteiger partial charge is 0.276 e. The van der Waals surface area contributed by atoms with E-state index < -0.39 is 5.54 Å². The first-order chi connectivity index (χ1) is 9.03. The predicted octanol–water partition coefficient (Wildman–Crippen LogP) is 2.10. The van der Waals surface area contributed by atoms with Crippen molar-refractivity contribution in [2.45, 2.75) is 19.4 Å². The molecule has 0 bridgehead atoms. The third-order valence-electron chi connectivity index (χ3n) is 2.49. The van der Waals surface area contributed by atoms with Crippen LogP contribution in [0.1, 0.15) is 19.7 Å². The summed E-state index contributed by atoms with van der Waals surface area (Å²) in [5.41, 5.74) is 5.92. The normalized spacial score (nSPS) is 14.3. The molecule has 0 fully saturated rings. The Morgan fingerprint density at radius 2 is 2.26 bits per heavy atom. The second kappa shape index (κ2) is 5.77. The van der Waals surface area contributed by atoms with Gasteiger partial charge in [-0.2, -0.15) is 4.98 Å². The summed E-state index contributed by atoms with van der Waals surface area (Å²) < 4.78 is 11.4. The molecule has 0 saturated heterocycles. The molecule has 2 rings (SSSR count). The van der Waals surface area contributed by atoms with Crippen LogP contribution in [0.5, 0.6) is 0 Å². The van der Waals surface area contributed by atoms with Crippen LogP contribution in [-0.2, 0) is 10.3 Å². The van der Waals surface area contributed by atoms with Gasteiger partial charge in [-0.05, 0) is 41.9 Å². The van der Waals surface area contributed by atoms with Gasteiger partial charge in [-0.3, -0.25) is 0 Å². The van der Waals surface area contributed by atoms with Gasteiger partial charge < -0.3 is 15.0 Å². The molecule has 0 aliphatic carbocycles. The van der Waals surface area contributed by atoms with Crippen LogP contribution in [0, 0.1) is 0 Å². The number of aromatic nitrogens is 3. The molecule has 2 aromatic rings. The summed E-state index contributed by atoms with van der Waals surface area (Å²) in [5, 5.41) is 3.90. The van der Waals surface area contributed by atoms with Gasteiger partial charge in [0.05, 0.1) is 6.61 Å². The Balaban J connectivity index is 2.21. The zero-order valence-corrected chi connectivity index (χ0v) is 12.3. The number of nitrogens with zero attached hydrogens (tertiary/aromatic N) is 3. The Bertz CT molecular complexity index is 539. The summed E-state index contributed by atoms with van der Waals surface area (Å²) in [6, 6.07) is 3.64. The molecule has 0 radical (unpaired) electrons. The monoisotopic (exact) mass is 326 g/mol. The second-order valence-electron chi connectivity index (χ2n) is 4.34. The van der Waals surface area contributed by atoms with Crippen molar-refractivity contribution in [3.05, 3.63) is 28.6 Å². The Labute approximate surface area is 119 Å². The van der Waals surface area contributed by atoms with Crippen LogP contribution >= 0.6 is 15.9 Å². The maximum Gasteiger partial charge on any atom is 0.276 e. The lowest BCUT2D eigenvalue weighted by molar-refractivity contribution is 0.0962. The van der Waals surface area contributed by atoms with Gasteiger partial charge in [0.25, 0.3) is 5.89 Å². The van der Waals surface area contributed by atoms with E-state index in [-0.39, 0.29) is 0 Å². The highest BCUT2D eigenvalue weighted by Gasteiger charge is 2.28. The van der Waals surface area contributed by atoms with Crippen molar-refractivity contribution in [2.24, 2.45) is 5.73 Å². The van der Waals surface area contributed by atoms with Gasteiger partial charge in [-0.25, -0.2) is 4.98 Å². The van der Waals surface area contributed by atoms with E-state index in [1.54, 1.807) is 19.2 Å². The van der Waals surface area contributed by atoms with Gasteiger partial charge in [0.1, 0.15) is 11.2 Å². The summed E-state index contributed by atoms with van der Waals surface area (Å²) in [6.45, 7) is 4.62. The molecular formula is C12H15BrN4O2. The molecule has 2 heterocycles. The number of halogens is 1. The lowest BCUT2D eigenvalue weighted by atomic mass is 10.1. The molecule has 0 saturated carbocycles. The first kappa shape index (κ1) is 14.1. The average Bonchev–Trinajstić information content (AvgIpc) is 2.88. The lowest BCUT2D eigenvalue weighted by Gasteiger charge is -2.19. The Morgan fingerprint density at radius 3 is 2.89 bits per heavy atom. The molecule has 0 aliphatic rings. The van der Waals surface area contributed by atoms with Gasteiger partial charge in [0.15, 0.2) is 5.82 Å². The molecule has 1 atom stereocenters. The first-order valence-electron chi connectivity index (χ1n) is 5.85. The third kappa shape index (κ3) is 3.37. The van der Waals surface area contributed by atoms with E-state index in [0.29, 0.717) is 30.6 Å². The number of hydrogen-bond acceptors (Lipinski definition) is 6. The zero-order chi connectivity index (χ0) is 13.9. The zero-order valence-electron chi connectivity index (χ0n) is 10.8. The fourth-order valence-corrected chi connectivity index (χ4v) is 1.67. The summed E-state index contributed by atoms with van der Waals surface area (Å²) in [5.74, 6) is 0.747. The molecule has 0 spiro atoms. The molecule has 7 heteroatoms. The Morgan fingerprint density at radius 1 is 1.47 bits per heavy atom. The summed E-state index contributed by atoms with van der Waals surface area (Å²) in [7, 11) is 0. The van der Waals surface area contributed by atoms with Crippen LogP contribution in [-0.4, -0.2) is 28.3 Å². The predicted molar refractivity (Wildman–Crippen MR) is 73.3 cm³/mol. The first-order valence-corrected chi connectivity index (χ1v) is 6.65. The molecule has 0 amide bonds. The summed E-state index contributed by atoms with van der Waals surface area (Å²) in [6.07, 6.45) is 1.67. The standard InChI is InChI=1S/C12H15BrN4O2/c1-3-18-7-12(2,14)11-16-10(19-17-11)9-5-4-8(13)6-15-9/h4-6H,3,7,14H2,1-2H3. The number of ether oxygens (including phenoxy) is 1. The van der Waals surface area contributed by atoms with Crippen LogP contribution in [0.15, 0.2) is 27.3 Å². The molecule has 0 aromatic carbocycles. The minimum Gasteiger partial charge on any atom is -0.379 e. The fourth-order valence-electron chi connectivity index (χ4n) is 1.44. The van der Waals surface area contributed by atoms with Crippen molar-refractivity contribution >= 4 is 15.9 Å². The van der Waals surface area contributed by atoms with E-state index in [0.717, 1.165) is 4.47 Å². The van der Waals surface area contributed by atoms with Crippen LogP contribution < -0.4 is 5.73 Å². The number of nitrogens with two attached hydrogens (primary N) is 1. The largest absolute Gasteiger partial charge is 0.379 e. The molecule has 19 heavy (non-hydrogen) atoms. The minimum atomic E-state index is -0.785. The molecule has 102 valence electrons. The van der Waals surface area contributed by atoms with Crippen molar-refractivity contribution in [3.63, 3.8) is 0 Å². The van der Waals surface area contributed by atoms with Crippen molar-refractivity contribution in [1.29, 1.82) is 0 Å². The topological polar surface area (TPSA) is 87.1 Å². The highest BCUT2D eigenvalue weighted by Crippen LogP contribution is 2.21. The van der Waals surface area contributed by atoms with Gasteiger partial charge in [0, 0.05) is 17.3 Å². The third-order valence-corrected chi connectivity index (χ3v) is 2.96. The Hall–Kier alpha value is -1.31. The minimum absolute atomic E-state index is 0.330. The van der Waals surface area contributed by atoms with Crippen LogP contribution in [0.3, 0.4) is 0 Å². The molecule has 2 N–H and O–H groups in total. The van der Waals surface area contributed by atoms with Gasteiger partial charge in [-0.1, -0.05) is 5.16 Å². The highest BCUT2D eigenvalue weighted by molar-refractivity contribution is 9.10. The number of hydrogen-bond donors (Lipinski definition) is 1. The average molecular weight is 327 g/mol. The Kier molecular flexibility index (Phi) is 4.28. The van der Waals surface area contributed by atoms with Gasteiger partial charge in [-0.15, -0.1) is 0 Å². The van der Waals surface area contributed by atoms with E-state index in [2.05, 4.69) is 31.1 Å². The van der Waals surface area contributed by atoms with Crippen molar-refractivity contribution in [2.75, 3.05) is 13.2 Å². The van der Waals surface area contributed by atoms with E-state index in [1.807, 2.05) is 13.0 Å². The molecule has 2 aromatic heterocycles.